The Morgan fingerprint density at radius 3 is 2.84 bits per heavy atom. The molecule has 0 heterocycles. The Bertz CT molecular complexity index is 429. The number of carbonyl (C=O) groups excluding carboxylic acids is 1. The van der Waals surface area contributed by atoms with E-state index in [0.29, 0.717) is 15.8 Å². The highest BCUT2D eigenvalue weighted by atomic mass is 35.5. The van der Waals surface area contributed by atoms with Gasteiger partial charge in [0.25, 0.3) is 0 Å². The maximum Gasteiger partial charge on any atom is 0.233 e. The number of hydrogen-bond donors (Lipinski definition) is 3. The summed E-state index contributed by atoms with van der Waals surface area (Å²) >= 11 is 11.7. The molecule has 1 amide bonds. The Kier molecular flexibility index (Phi) is 6.94. The van der Waals surface area contributed by atoms with Crippen molar-refractivity contribution in [3.05, 3.63) is 28.2 Å². The maximum atomic E-state index is 10.9. The summed E-state index contributed by atoms with van der Waals surface area (Å²) in [5, 5.41) is 15.8. The lowest BCUT2D eigenvalue weighted by molar-refractivity contribution is -0.119. The van der Waals surface area contributed by atoms with Gasteiger partial charge in [0.2, 0.25) is 5.91 Å². The van der Waals surface area contributed by atoms with Crippen LogP contribution >= 0.6 is 23.2 Å². The Morgan fingerprint density at radius 1 is 1.47 bits per heavy atom. The number of nitrogens with one attached hydrogen (secondary N) is 2. The number of ether oxygens (including phenoxy) is 1. The van der Waals surface area contributed by atoms with Crippen LogP contribution < -0.4 is 15.4 Å². The van der Waals surface area contributed by atoms with E-state index in [1.807, 2.05) is 0 Å². The van der Waals surface area contributed by atoms with Crippen LogP contribution in [0.15, 0.2) is 18.2 Å². The van der Waals surface area contributed by atoms with Crippen LogP contribution in [0.5, 0.6) is 5.75 Å². The summed E-state index contributed by atoms with van der Waals surface area (Å²) in [7, 11) is 1.55. The molecule has 1 aromatic carbocycles. The highest BCUT2D eigenvalue weighted by Crippen LogP contribution is 2.27. The highest BCUT2D eigenvalue weighted by Gasteiger charge is 2.08. The molecule has 0 aromatic heterocycles. The largest absolute Gasteiger partial charge is 0.489 e. The summed E-state index contributed by atoms with van der Waals surface area (Å²) < 4.78 is 5.36. The molecule has 7 heteroatoms. The topological polar surface area (TPSA) is 70.6 Å². The van der Waals surface area contributed by atoms with Crippen molar-refractivity contribution in [2.24, 2.45) is 0 Å². The van der Waals surface area contributed by atoms with Gasteiger partial charge in [-0.1, -0.05) is 23.2 Å². The summed E-state index contributed by atoms with van der Waals surface area (Å²) in [4.78, 5) is 10.9. The summed E-state index contributed by atoms with van der Waals surface area (Å²) in [6.45, 7) is 0.468. The zero-order chi connectivity index (χ0) is 14.3. The molecule has 0 bridgehead atoms. The van der Waals surface area contributed by atoms with Crippen LogP contribution in [-0.2, 0) is 4.79 Å². The summed E-state index contributed by atoms with van der Waals surface area (Å²) in [6.07, 6.45) is -0.739. The van der Waals surface area contributed by atoms with Crippen molar-refractivity contribution in [2.45, 2.75) is 6.10 Å². The van der Waals surface area contributed by atoms with Crippen molar-refractivity contribution in [1.82, 2.24) is 10.6 Å². The maximum absolute atomic E-state index is 10.9. The second kappa shape index (κ2) is 8.22. The van der Waals surface area contributed by atoms with E-state index in [-0.39, 0.29) is 25.6 Å². The van der Waals surface area contributed by atoms with Crippen LogP contribution in [0.25, 0.3) is 0 Å². The second-order valence-corrected chi connectivity index (χ2v) is 4.69. The number of hydrogen-bond acceptors (Lipinski definition) is 4. The fraction of sp³-hybridized carbons (Fsp3) is 0.417. The lowest BCUT2D eigenvalue weighted by atomic mass is 10.3. The van der Waals surface area contributed by atoms with Crippen molar-refractivity contribution in [3.8, 4) is 5.75 Å². The Hall–Kier alpha value is -1.01. The zero-order valence-corrected chi connectivity index (χ0v) is 12.0. The first-order chi connectivity index (χ1) is 9.02. The molecule has 1 aromatic rings. The molecule has 0 radical (unpaired) electrons. The minimum absolute atomic E-state index is 0.0715. The molecule has 1 atom stereocenters. The van der Waals surface area contributed by atoms with Gasteiger partial charge in [-0.25, -0.2) is 0 Å². The van der Waals surface area contributed by atoms with Gasteiger partial charge in [-0.2, -0.15) is 0 Å². The number of aliphatic hydroxyl groups is 1. The van der Waals surface area contributed by atoms with E-state index in [2.05, 4.69) is 10.6 Å². The molecule has 0 saturated carbocycles. The Morgan fingerprint density at radius 2 is 2.21 bits per heavy atom. The van der Waals surface area contributed by atoms with Gasteiger partial charge in [0.1, 0.15) is 18.5 Å². The van der Waals surface area contributed by atoms with E-state index >= 15 is 0 Å². The third-order valence-corrected chi connectivity index (χ3v) is 2.80. The summed E-state index contributed by atoms with van der Waals surface area (Å²) in [5.74, 6) is 0.310. The molecule has 0 aliphatic rings. The summed E-state index contributed by atoms with van der Waals surface area (Å²) in [5.41, 5.74) is 0. The lowest BCUT2D eigenvalue weighted by Gasteiger charge is -2.13. The number of carbonyl (C=O) groups is 1. The first kappa shape index (κ1) is 16.0. The van der Waals surface area contributed by atoms with E-state index in [9.17, 15) is 9.90 Å². The fourth-order valence-corrected chi connectivity index (χ4v) is 1.74. The van der Waals surface area contributed by atoms with E-state index in [1.165, 1.54) is 0 Å². The first-order valence-electron chi connectivity index (χ1n) is 5.70. The van der Waals surface area contributed by atoms with Gasteiger partial charge >= 0.3 is 0 Å². The SMILES string of the molecule is CNC(=O)CNCC(O)COc1ccc(Cl)cc1Cl. The standard InChI is InChI=1S/C12H16Cl2N2O3/c1-15-12(18)6-16-5-9(17)7-19-11-3-2-8(13)4-10(11)14/h2-4,9,16-17H,5-7H2,1H3,(H,15,18). The Labute approximate surface area is 121 Å². The molecule has 0 aliphatic carbocycles. The van der Waals surface area contributed by atoms with E-state index in [1.54, 1.807) is 25.2 Å². The quantitative estimate of drug-likeness (QED) is 0.705. The number of halogens is 2. The molecule has 1 rings (SSSR count). The van der Waals surface area contributed by atoms with Gasteiger partial charge in [0, 0.05) is 18.6 Å². The van der Waals surface area contributed by atoms with Gasteiger partial charge in [0.05, 0.1) is 11.6 Å². The van der Waals surface area contributed by atoms with Crippen LogP contribution in [0, 0.1) is 0 Å². The van der Waals surface area contributed by atoms with E-state index in [4.69, 9.17) is 27.9 Å². The van der Waals surface area contributed by atoms with Crippen molar-refractivity contribution in [2.75, 3.05) is 26.7 Å². The van der Waals surface area contributed by atoms with Crippen LogP contribution in [0.2, 0.25) is 10.0 Å². The monoisotopic (exact) mass is 306 g/mol. The number of aliphatic hydroxyl groups excluding tert-OH is 1. The first-order valence-corrected chi connectivity index (χ1v) is 6.45. The third kappa shape index (κ3) is 6.11. The van der Waals surface area contributed by atoms with Crippen LogP contribution in [0.4, 0.5) is 0 Å². The smallest absolute Gasteiger partial charge is 0.233 e. The predicted octanol–water partition coefficient (Wildman–Crippen LogP) is 1.07. The number of amides is 1. The van der Waals surface area contributed by atoms with Crippen molar-refractivity contribution in [3.63, 3.8) is 0 Å². The fourth-order valence-electron chi connectivity index (χ4n) is 1.28. The molecule has 106 valence electrons. The molecule has 0 aliphatic heterocycles. The average molecular weight is 307 g/mol. The van der Waals surface area contributed by atoms with E-state index < -0.39 is 6.10 Å². The van der Waals surface area contributed by atoms with Crippen LogP contribution in [0.3, 0.4) is 0 Å². The predicted molar refractivity (Wildman–Crippen MR) is 74.9 cm³/mol. The van der Waals surface area contributed by atoms with Crippen molar-refractivity contribution < 1.29 is 14.6 Å². The van der Waals surface area contributed by atoms with Crippen LogP contribution in [-0.4, -0.2) is 43.9 Å². The van der Waals surface area contributed by atoms with Gasteiger partial charge in [-0.3, -0.25) is 4.79 Å². The van der Waals surface area contributed by atoms with Crippen molar-refractivity contribution in [1.29, 1.82) is 0 Å². The average Bonchev–Trinajstić information content (AvgIpc) is 2.37. The molecule has 19 heavy (non-hydrogen) atoms. The minimum atomic E-state index is -0.739. The molecule has 3 N–H and O–H groups in total. The molecule has 0 saturated heterocycles. The molecular weight excluding hydrogens is 291 g/mol. The van der Waals surface area contributed by atoms with Gasteiger partial charge in [-0.15, -0.1) is 0 Å². The van der Waals surface area contributed by atoms with Crippen LogP contribution in [0.1, 0.15) is 0 Å². The van der Waals surface area contributed by atoms with Gasteiger partial charge < -0.3 is 20.5 Å². The zero-order valence-electron chi connectivity index (χ0n) is 10.5. The van der Waals surface area contributed by atoms with Gasteiger partial charge in [0.15, 0.2) is 0 Å². The van der Waals surface area contributed by atoms with E-state index in [0.717, 1.165) is 0 Å². The molecular formula is C12H16Cl2N2O3. The molecule has 0 spiro atoms. The normalized spacial score (nSPS) is 12.0. The Balaban J connectivity index is 2.29. The number of rotatable bonds is 7. The highest BCUT2D eigenvalue weighted by molar-refractivity contribution is 6.35. The lowest BCUT2D eigenvalue weighted by Crippen LogP contribution is -2.37. The summed E-state index contributed by atoms with van der Waals surface area (Å²) in [6, 6.07) is 4.85. The number of benzene rings is 1. The van der Waals surface area contributed by atoms with Gasteiger partial charge in [-0.05, 0) is 18.2 Å². The number of likely N-dealkylation sites (N-methyl/N-ethyl adjacent to an activating group) is 1. The molecule has 1 unspecified atom stereocenters. The van der Waals surface area contributed by atoms with Crippen molar-refractivity contribution >= 4 is 29.1 Å². The molecule has 0 fully saturated rings. The third-order valence-electron chi connectivity index (χ3n) is 2.27. The second-order valence-electron chi connectivity index (χ2n) is 3.84. The molecule has 5 nitrogen and oxygen atoms in total. The minimum Gasteiger partial charge on any atom is -0.489 e.